The van der Waals surface area contributed by atoms with Crippen LogP contribution in [0.1, 0.15) is 5.56 Å². The summed E-state index contributed by atoms with van der Waals surface area (Å²) in [4.78, 5) is 20.5. The zero-order chi connectivity index (χ0) is 12.0. The van der Waals surface area contributed by atoms with Gasteiger partial charge in [0.1, 0.15) is 0 Å². The smallest absolute Gasteiger partial charge is 0.410 e. The predicted molar refractivity (Wildman–Crippen MR) is 56.1 cm³/mol. The summed E-state index contributed by atoms with van der Waals surface area (Å²) in [6.07, 6.45) is 0.193. The zero-order valence-electron chi connectivity index (χ0n) is 8.47. The van der Waals surface area contributed by atoms with E-state index in [-0.39, 0.29) is 11.5 Å². The lowest BCUT2D eigenvalue weighted by Crippen LogP contribution is -2.16. The van der Waals surface area contributed by atoms with E-state index in [2.05, 4.69) is 10.1 Å². The number of nitrogens with two attached hydrogens (primary N) is 1. The van der Waals surface area contributed by atoms with Crippen molar-refractivity contribution in [3.8, 4) is 11.5 Å². The lowest BCUT2D eigenvalue weighted by Gasteiger charge is -2.06. The Morgan fingerprint density at radius 2 is 2.31 bits per heavy atom. The number of carbonyl (C=O) groups excluding carboxylic acids is 2. The van der Waals surface area contributed by atoms with Crippen LogP contribution in [0.25, 0.3) is 0 Å². The molecule has 0 radical (unpaired) electrons. The first-order chi connectivity index (χ1) is 7.63. The molecule has 4 N–H and O–H groups in total. The minimum Gasteiger partial charge on any atom is -0.504 e. The number of aromatic hydroxyl groups is 1. The topological polar surface area (TPSA) is 102 Å². The quantitative estimate of drug-likeness (QED) is 0.489. The molecule has 1 rings (SSSR count). The molecule has 2 amide bonds. The van der Waals surface area contributed by atoms with E-state index in [0.717, 1.165) is 5.56 Å². The van der Waals surface area contributed by atoms with E-state index in [1.807, 2.05) is 0 Å². The molecule has 6 nitrogen and oxygen atoms in total. The van der Waals surface area contributed by atoms with Crippen LogP contribution in [-0.2, 0) is 11.2 Å². The largest absolute Gasteiger partial charge is 0.504 e. The van der Waals surface area contributed by atoms with Gasteiger partial charge < -0.3 is 20.9 Å². The van der Waals surface area contributed by atoms with Crippen LogP contribution < -0.4 is 15.8 Å². The van der Waals surface area contributed by atoms with Crippen molar-refractivity contribution in [1.82, 2.24) is 5.32 Å². The molecule has 0 unspecified atom stereocenters. The van der Waals surface area contributed by atoms with E-state index < -0.39 is 6.09 Å². The number of rotatable bonds is 5. The first-order valence-corrected chi connectivity index (χ1v) is 4.59. The summed E-state index contributed by atoms with van der Waals surface area (Å²) in [7, 11) is 0. The Hall–Kier alpha value is -2.24. The van der Waals surface area contributed by atoms with Gasteiger partial charge in [-0.05, 0) is 24.1 Å². The lowest BCUT2D eigenvalue weighted by molar-refractivity contribution is -0.109. The highest BCUT2D eigenvalue weighted by Crippen LogP contribution is 2.26. The number of phenols is 1. The molecule has 1 aromatic rings. The summed E-state index contributed by atoms with van der Waals surface area (Å²) in [6.45, 7) is 0.471. The Morgan fingerprint density at radius 3 is 2.88 bits per heavy atom. The minimum absolute atomic E-state index is 0.0135. The van der Waals surface area contributed by atoms with Gasteiger partial charge in [0.05, 0.1) is 0 Å². The van der Waals surface area contributed by atoms with Crippen molar-refractivity contribution >= 4 is 12.5 Å². The summed E-state index contributed by atoms with van der Waals surface area (Å²) in [6, 6.07) is 4.56. The van der Waals surface area contributed by atoms with Gasteiger partial charge in [-0.15, -0.1) is 0 Å². The van der Waals surface area contributed by atoms with Crippen LogP contribution in [0.2, 0.25) is 0 Å². The van der Waals surface area contributed by atoms with Crippen LogP contribution in [0.15, 0.2) is 18.2 Å². The van der Waals surface area contributed by atoms with Crippen LogP contribution in [0.3, 0.4) is 0 Å². The summed E-state index contributed by atoms with van der Waals surface area (Å²) in [5.74, 6) is -0.151. The third-order valence-electron chi connectivity index (χ3n) is 1.88. The third kappa shape index (κ3) is 3.49. The van der Waals surface area contributed by atoms with E-state index in [1.165, 1.54) is 12.1 Å². The molecule has 0 aliphatic heterocycles. The maximum absolute atomic E-state index is 10.5. The van der Waals surface area contributed by atoms with Crippen molar-refractivity contribution in [1.29, 1.82) is 0 Å². The van der Waals surface area contributed by atoms with Crippen LogP contribution in [0, 0.1) is 0 Å². The molecule has 0 saturated heterocycles. The van der Waals surface area contributed by atoms with Crippen molar-refractivity contribution in [2.24, 2.45) is 5.73 Å². The fourth-order valence-corrected chi connectivity index (χ4v) is 1.19. The number of amides is 2. The lowest BCUT2D eigenvalue weighted by atomic mass is 10.1. The number of phenolic OH excluding ortho intramolecular Hbond substituents is 1. The molecule has 0 fully saturated rings. The normalized spacial score (nSPS) is 9.50. The molecule has 0 spiro atoms. The highest BCUT2D eigenvalue weighted by atomic mass is 16.6. The summed E-state index contributed by atoms with van der Waals surface area (Å²) in [5.41, 5.74) is 5.62. The van der Waals surface area contributed by atoms with Gasteiger partial charge in [-0.1, -0.05) is 6.07 Å². The Morgan fingerprint density at radius 1 is 1.56 bits per heavy atom. The second-order valence-corrected chi connectivity index (χ2v) is 3.05. The highest BCUT2D eigenvalue weighted by molar-refractivity contribution is 5.69. The van der Waals surface area contributed by atoms with E-state index in [0.29, 0.717) is 19.4 Å². The maximum Gasteiger partial charge on any atom is 0.410 e. The monoisotopic (exact) mass is 224 g/mol. The van der Waals surface area contributed by atoms with Gasteiger partial charge in [-0.25, -0.2) is 4.79 Å². The van der Waals surface area contributed by atoms with Crippen molar-refractivity contribution < 1.29 is 19.4 Å². The third-order valence-corrected chi connectivity index (χ3v) is 1.88. The fraction of sp³-hybridized carbons (Fsp3) is 0.200. The molecule has 86 valence electrons. The first-order valence-electron chi connectivity index (χ1n) is 4.59. The number of nitrogens with one attached hydrogen (secondary N) is 1. The van der Waals surface area contributed by atoms with Crippen molar-refractivity contribution in [3.05, 3.63) is 23.8 Å². The highest BCUT2D eigenvalue weighted by Gasteiger charge is 2.06. The number of primary amides is 1. The van der Waals surface area contributed by atoms with E-state index in [1.54, 1.807) is 6.07 Å². The van der Waals surface area contributed by atoms with Crippen molar-refractivity contribution in [3.63, 3.8) is 0 Å². The van der Waals surface area contributed by atoms with Gasteiger partial charge in [0, 0.05) is 6.54 Å². The molecule has 0 aliphatic rings. The molecule has 16 heavy (non-hydrogen) atoms. The fourth-order valence-electron chi connectivity index (χ4n) is 1.19. The number of hydrogen-bond acceptors (Lipinski definition) is 4. The molecule has 0 aliphatic carbocycles. The van der Waals surface area contributed by atoms with Gasteiger partial charge in [0.2, 0.25) is 6.41 Å². The molecule has 0 saturated carbocycles. The van der Waals surface area contributed by atoms with E-state index in [9.17, 15) is 14.7 Å². The predicted octanol–water partition coefficient (Wildman–Crippen LogP) is 0.138. The molecule has 0 bridgehead atoms. The second-order valence-electron chi connectivity index (χ2n) is 3.05. The average molecular weight is 224 g/mol. The number of benzene rings is 1. The van der Waals surface area contributed by atoms with E-state index >= 15 is 0 Å². The van der Waals surface area contributed by atoms with Gasteiger partial charge in [-0.3, -0.25) is 4.79 Å². The van der Waals surface area contributed by atoms with Crippen LogP contribution in [-0.4, -0.2) is 24.2 Å². The second kappa shape index (κ2) is 5.59. The molecule has 1 aromatic carbocycles. The Balaban J connectivity index is 2.66. The SMILES string of the molecule is NC(=O)Oc1ccc(CCNC=O)cc1O. The number of carbonyl (C=O) groups is 2. The summed E-state index contributed by atoms with van der Waals surface area (Å²) < 4.78 is 4.54. The van der Waals surface area contributed by atoms with Crippen LogP contribution in [0.4, 0.5) is 4.79 Å². The molecule has 0 aromatic heterocycles. The molecule has 0 atom stereocenters. The van der Waals surface area contributed by atoms with Gasteiger partial charge in [-0.2, -0.15) is 0 Å². The Kier molecular flexibility index (Phi) is 4.14. The van der Waals surface area contributed by atoms with Gasteiger partial charge >= 0.3 is 6.09 Å². The summed E-state index contributed by atoms with van der Waals surface area (Å²) >= 11 is 0. The zero-order valence-corrected chi connectivity index (χ0v) is 8.47. The van der Waals surface area contributed by atoms with E-state index in [4.69, 9.17) is 5.73 Å². The standard InChI is InChI=1S/C10H12N2O4/c11-10(15)16-9-2-1-7(5-8(9)14)3-4-12-6-13/h1-2,5-6,14H,3-4H2,(H2,11,15)(H,12,13). The molecule has 0 heterocycles. The number of hydrogen-bond donors (Lipinski definition) is 3. The van der Waals surface area contributed by atoms with Gasteiger partial charge in [0.25, 0.3) is 0 Å². The Labute approximate surface area is 92.0 Å². The number of ether oxygens (including phenoxy) is 1. The average Bonchev–Trinajstić information content (AvgIpc) is 2.22. The summed E-state index contributed by atoms with van der Waals surface area (Å²) in [5, 5.41) is 12.0. The maximum atomic E-state index is 10.5. The molecular weight excluding hydrogens is 212 g/mol. The first kappa shape index (κ1) is 11.8. The van der Waals surface area contributed by atoms with Crippen LogP contribution in [0.5, 0.6) is 11.5 Å². The minimum atomic E-state index is -0.981. The van der Waals surface area contributed by atoms with Crippen molar-refractivity contribution in [2.45, 2.75) is 6.42 Å². The Bertz CT molecular complexity index is 392. The molecule has 6 heteroatoms. The van der Waals surface area contributed by atoms with Crippen LogP contribution >= 0.6 is 0 Å². The van der Waals surface area contributed by atoms with Gasteiger partial charge in [0.15, 0.2) is 11.5 Å². The molecular formula is C10H12N2O4. The van der Waals surface area contributed by atoms with Crippen molar-refractivity contribution in [2.75, 3.05) is 6.54 Å².